The van der Waals surface area contributed by atoms with Gasteiger partial charge in [-0.15, -0.1) is 11.3 Å². The smallest absolute Gasteiger partial charge is 0.240 e. The molecule has 2 heterocycles. The van der Waals surface area contributed by atoms with Crippen LogP contribution in [0.1, 0.15) is 42.9 Å². The molecule has 1 aromatic rings. The normalized spacial score (nSPS) is 19.3. The number of hydrogen-bond donors (Lipinski definition) is 2. The number of aliphatic imine (C=N–C) groups is 1. The van der Waals surface area contributed by atoms with Crippen LogP contribution in [0.25, 0.3) is 0 Å². The van der Waals surface area contributed by atoms with Crippen LogP contribution in [0.4, 0.5) is 0 Å². The lowest BCUT2D eigenvalue weighted by atomic mass is 10.1. The lowest BCUT2D eigenvalue weighted by Gasteiger charge is -2.38. The van der Waals surface area contributed by atoms with Gasteiger partial charge >= 0.3 is 0 Å². The number of nitrogens with one attached hydrogen (secondary N) is 1. The van der Waals surface area contributed by atoms with Gasteiger partial charge in [-0.3, -0.25) is 24.3 Å². The average Bonchev–Trinajstić information content (AvgIpc) is 3.21. The highest BCUT2D eigenvalue weighted by Gasteiger charge is 2.33. The Bertz CT molecular complexity index is 732. The fraction of sp³-hybridized carbons (Fsp3) is 0.632. The van der Waals surface area contributed by atoms with E-state index in [2.05, 4.69) is 15.3 Å². The minimum atomic E-state index is -0.702. The number of carbonyl (C=O) groups excluding carboxylic acids is 3. The van der Waals surface area contributed by atoms with Gasteiger partial charge in [0.1, 0.15) is 0 Å². The largest absolute Gasteiger partial charge is 0.388 e. The molecule has 3 N–H and O–H groups in total. The third kappa shape index (κ3) is 6.60. The number of likely N-dealkylation sites (N-methyl/N-ethyl adjacent to an activating group) is 1. The maximum Gasteiger partial charge on any atom is 0.240 e. The molecule has 160 valence electrons. The monoisotopic (exact) mass is 422 g/mol. The first-order valence-electron chi connectivity index (χ1n) is 9.82. The van der Waals surface area contributed by atoms with E-state index in [-0.39, 0.29) is 30.2 Å². The minimum absolute atomic E-state index is 0.0491. The predicted octanol–water partition coefficient (Wildman–Crippen LogP) is 0.521. The number of nitrogens with two attached hydrogens (primary N) is 1. The highest BCUT2D eigenvalue weighted by atomic mass is 32.1. The average molecular weight is 423 g/mol. The molecule has 2 amide bonds. The summed E-state index contributed by atoms with van der Waals surface area (Å²) in [7, 11) is 1.91. The molecule has 1 fully saturated rings. The van der Waals surface area contributed by atoms with Gasteiger partial charge in [0.25, 0.3) is 0 Å². The molecule has 1 unspecified atom stereocenters. The molecule has 29 heavy (non-hydrogen) atoms. The number of hydrogen-bond acceptors (Lipinski definition) is 7. The fourth-order valence-electron chi connectivity index (χ4n) is 3.31. The number of Topliss-reactive ketones (excluding diaryl/α,β-unsaturated/α-hetero) is 1. The van der Waals surface area contributed by atoms with E-state index in [0.717, 1.165) is 6.54 Å². The second-order valence-electron chi connectivity index (χ2n) is 7.15. The fourth-order valence-corrected chi connectivity index (χ4v) is 3.94. The van der Waals surface area contributed by atoms with Crippen molar-refractivity contribution in [3.05, 3.63) is 16.6 Å². The molecule has 2 rings (SSSR count). The van der Waals surface area contributed by atoms with Gasteiger partial charge in [0, 0.05) is 31.2 Å². The van der Waals surface area contributed by atoms with E-state index in [4.69, 9.17) is 5.73 Å². The van der Waals surface area contributed by atoms with Gasteiger partial charge in [-0.2, -0.15) is 0 Å². The van der Waals surface area contributed by atoms with E-state index in [9.17, 15) is 14.4 Å². The van der Waals surface area contributed by atoms with E-state index in [1.807, 2.05) is 18.9 Å². The summed E-state index contributed by atoms with van der Waals surface area (Å²) in [6.07, 6.45) is 3.28. The van der Waals surface area contributed by atoms with Gasteiger partial charge in [-0.05, 0) is 33.2 Å². The molecule has 1 saturated heterocycles. The molecule has 0 saturated carbocycles. The maximum atomic E-state index is 12.8. The first-order chi connectivity index (χ1) is 13.8. The summed E-state index contributed by atoms with van der Waals surface area (Å²) < 4.78 is 0. The molecular weight excluding hydrogens is 392 g/mol. The minimum Gasteiger partial charge on any atom is -0.388 e. The summed E-state index contributed by atoms with van der Waals surface area (Å²) in [6.45, 7) is 5.30. The molecular formula is C19H30N6O3S. The maximum absolute atomic E-state index is 12.8. The van der Waals surface area contributed by atoms with E-state index in [1.54, 1.807) is 23.4 Å². The Hall–Kier alpha value is -2.33. The number of ketones is 1. The van der Waals surface area contributed by atoms with Crippen molar-refractivity contribution in [3.63, 3.8) is 0 Å². The topological polar surface area (TPSA) is 121 Å². The third-order valence-corrected chi connectivity index (χ3v) is 5.67. The van der Waals surface area contributed by atoms with Gasteiger partial charge in [0.05, 0.1) is 24.5 Å². The summed E-state index contributed by atoms with van der Waals surface area (Å²) in [4.78, 5) is 49.7. The Morgan fingerprint density at radius 2 is 2.21 bits per heavy atom. The Morgan fingerprint density at radius 1 is 1.45 bits per heavy atom. The van der Waals surface area contributed by atoms with E-state index >= 15 is 0 Å². The van der Waals surface area contributed by atoms with Crippen LogP contribution in [0.15, 0.2) is 16.6 Å². The number of aromatic nitrogens is 1. The standard InChI is InChI=1S/C19H30N6O3S/c1-4-15-19(28)25(10-9-24(15)3)12-16(26)23-14(6-5-7-21-13(2)20)17(27)18-22-8-11-29-18/h8,11,14-15H,4-7,9-10,12H2,1-3H3,(H2,20,21)(H,23,26)/t14-,15?/m0/s1. The van der Waals surface area contributed by atoms with Crippen molar-refractivity contribution in [3.8, 4) is 0 Å². The molecule has 10 heteroatoms. The molecule has 0 radical (unpaired) electrons. The van der Waals surface area contributed by atoms with Crippen molar-refractivity contribution in [2.45, 2.75) is 45.2 Å². The van der Waals surface area contributed by atoms with Crippen molar-refractivity contribution < 1.29 is 14.4 Å². The summed E-state index contributed by atoms with van der Waals surface area (Å²) in [5.74, 6) is -0.132. The molecule has 0 aliphatic carbocycles. The number of carbonyl (C=O) groups is 3. The van der Waals surface area contributed by atoms with Crippen molar-refractivity contribution >= 4 is 34.8 Å². The zero-order chi connectivity index (χ0) is 21.4. The quantitative estimate of drug-likeness (QED) is 0.245. The van der Waals surface area contributed by atoms with Crippen LogP contribution < -0.4 is 11.1 Å². The van der Waals surface area contributed by atoms with Crippen LogP contribution in [0.2, 0.25) is 0 Å². The van der Waals surface area contributed by atoms with E-state index in [0.29, 0.717) is 43.2 Å². The van der Waals surface area contributed by atoms with Crippen molar-refractivity contribution in [1.82, 2.24) is 20.1 Å². The first kappa shape index (κ1) is 23.0. The number of amides is 2. The van der Waals surface area contributed by atoms with Crippen molar-refractivity contribution in [2.75, 3.05) is 33.2 Å². The zero-order valence-corrected chi connectivity index (χ0v) is 18.1. The predicted molar refractivity (Wildman–Crippen MR) is 113 cm³/mol. The van der Waals surface area contributed by atoms with Crippen LogP contribution in [0, 0.1) is 0 Å². The molecule has 0 bridgehead atoms. The second kappa shape index (κ2) is 11.0. The summed E-state index contributed by atoms with van der Waals surface area (Å²) in [6, 6.07) is -0.909. The lowest BCUT2D eigenvalue weighted by molar-refractivity contribution is -0.144. The molecule has 1 aromatic heterocycles. The van der Waals surface area contributed by atoms with Gasteiger partial charge in [-0.25, -0.2) is 4.98 Å². The number of rotatable bonds is 10. The van der Waals surface area contributed by atoms with Crippen molar-refractivity contribution in [2.24, 2.45) is 10.7 Å². The Morgan fingerprint density at radius 3 is 2.83 bits per heavy atom. The van der Waals surface area contributed by atoms with Gasteiger partial charge in [-0.1, -0.05) is 6.92 Å². The van der Waals surface area contributed by atoms with Crippen LogP contribution in [-0.4, -0.2) is 83.5 Å². The van der Waals surface area contributed by atoms with Gasteiger partial charge in [0.2, 0.25) is 17.6 Å². The highest BCUT2D eigenvalue weighted by molar-refractivity contribution is 7.11. The van der Waals surface area contributed by atoms with Crippen LogP contribution in [0.3, 0.4) is 0 Å². The number of amidine groups is 1. The molecule has 1 aliphatic rings. The third-order valence-electron chi connectivity index (χ3n) is 4.88. The Labute approximate surface area is 175 Å². The number of thiazole rings is 1. The van der Waals surface area contributed by atoms with Crippen LogP contribution in [0.5, 0.6) is 0 Å². The van der Waals surface area contributed by atoms with Gasteiger partial charge < -0.3 is 16.0 Å². The van der Waals surface area contributed by atoms with Crippen LogP contribution >= 0.6 is 11.3 Å². The summed E-state index contributed by atoms with van der Waals surface area (Å²) >= 11 is 1.24. The molecule has 1 aliphatic heterocycles. The molecule has 9 nitrogen and oxygen atoms in total. The zero-order valence-electron chi connectivity index (χ0n) is 17.3. The first-order valence-corrected chi connectivity index (χ1v) is 10.7. The van der Waals surface area contributed by atoms with E-state index < -0.39 is 6.04 Å². The Kier molecular flexibility index (Phi) is 8.71. The second-order valence-corrected chi connectivity index (χ2v) is 8.05. The molecule has 2 atom stereocenters. The lowest BCUT2D eigenvalue weighted by Crippen LogP contribution is -2.57. The number of piperazine rings is 1. The highest BCUT2D eigenvalue weighted by Crippen LogP contribution is 2.14. The van der Waals surface area contributed by atoms with Crippen molar-refractivity contribution in [1.29, 1.82) is 0 Å². The number of nitrogens with zero attached hydrogens (tertiary/aromatic N) is 4. The molecule has 0 aromatic carbocycles. The van der Waals surface area contributed by atoms with Crippen LogP contribution in [-0.2, 0) is 9.59 Å². The van der Waals surface area contributed by atoms with E-state index in [1.165, 1.54) is 11.3 Å². The molecule has 0 spiro atoms. The SMILES string of the molecule is CCC1C(=O)N(CC(=O)N[C@@H](CCCN=C(C)N)C(=O)c2nccs2)CCN1C. The Balaban J connectivity index is 1.99. The van der Waals surface area contributed by atoms with Gasteiger partial charge in [0.15, 0.2) is 5.01 Å². The summed E-state index contributed by atoms with van der Waals surface area (Å²) in [5, 5.41) is 4.88. The summed E-state index contributed by atoms with van der Waals surface area (Å²) in [5.41, 5.74) is 5.54.